The standard InChI is InChI=1S/C31H32BrClN4O7/c1-4-42-26-14-20(29-28(30(39)41-3)18(2)35-31(40)36-29)7-11-25(26)44-17-27(38)37-34-15-21-13-22(32)8-12-24(21)43-16-19-5-9-23(33)10-6-19/h5-15,27,29,37-38H,4,16-17H2,1-3H3,(H2,35,36,40)/b34-15-/t27-,29+/m0/s1. The third-order valence-electron chi connectivity index (χ3n) is 6.38. The molecular formula is C31H32BrClN4O7. The normalized spacial score (nSPS) is 15.3. The third-order valence-corrected chi connectivity index (χ3v) is 7.12. The molecule has 232 valence electrons. The third kappa shape index (κ3) is 8.65. The number of aliphatic hydroxyl groups excluding tert-OH is 1. The monoisotopic (exact) mass is 686 g/mol. The summed E-state index contributed by atoms with van der Waals surface area (Å²) in [4.78, 5) is 24.6. The zero-order chi connectivity index (χ0) is 31.6. The van der Waals surface area contributed by atoms with Crippen molar-refractivity contribution in [1.29, 1.82) is 0 Å². The number of allylic oxidation sites excluding steroid dienone is 1. The molecule has 44 heavy (non-hydrogen) atoms. The van der Waals surface area contributed by atoms with E-state index in [1.54, 1.807) is 37.3 Å². The largest absolute Gasteiger partial charge is 0.490 e. The molecular weight excluding hydrogens is 656 g/mol. The van der Waals surface area contributed by atoms with Gasteiger partial charge in [-0.25, -0.2) is 9.59 Å². The summed E-state index contributed by atoms with van der Waals surface area (Å²) < 4.78 is 23.3. The summed E-state index contributed by atoms with van der Waals surface area (Å²) >= 11 is 9.42. The van der Waals surface area contributed by atoms with E-state index in [0.29, 0.717) is 52.3 Å². The van der Waals surface area contributed by atoms with Crippen LogP contribution < -0.4 is 30.3 Å². The Hall–Kier alpha value is -4.26. The fourth-order valence-corrected chi connectivity index (χ4v) is 4.81. The number of carbonyl (C=O) groups excluding carboxylic acids is 2. The van der Waals surface area contributed by atoms with Crippen LogP contribution in [0.3, 0.4) is 0 Å². The maximum absolute atomic E-state index is 12.4. The number of carbonyl (C=O) groups is 2. The highest BCUT2D eigenvalue weighted by atomic mass is 79.9. The molecule has 4 rings (SSSR count). The number of benzene rings is 3. The van der Waals surface area contributed by atoms with E-state index in [-0.39, 0.29) is 12.2 Å². The van der Waals surface area contributed by atoms with Crippen LogP contribution in [0.5, 0.6) is 17.2 Å². The van der Waals surface area contributed by atoms with Crippen molar-refractivity contribution in [3.63, 3.8) is 0 Å². The number of ether oxygens (including phenoxy) is 4. The molecule has 0 aliphatic carbocycles. The van der Waals surface area contributed by atoms with Gasteiger partial charge in [0.1, 0.15) is 19.0 Å². The van der Waals surface area contributed by atoms with Crippen molar-refractivity contribution in [3.8, 4) is 17.2 Å². The number of aliphatic hydroxyl groups is 1. The summed E-state index contributed by atoms with van der Waals surface area (Å²) in [6.07, 6.45) is 0.374. The number of methoxy groups -OCH3 is 1. The SMILES string of the molecule is CCOc1cc([C@H]2NC(=O)NC(C)=C2C(=O)OC)ccc1OC[C@H](O)N/N=C\c1cc(Br)ccc1OCc1ccc(Cl)cc1. The summed E-state index contributed by atoms with van der Waals surface area (Å²) in [5, 5.41) is 20.6. The van der Waals surface area contributed by atoms with Gasteiger partial charge in [0, 0.05) is 20.8 Å². The second-order valence-corrected chi connectivity index (χ2v) is 10.9. The Bertz CT molecular complexity index is 1550. The molecule has 0 radical (unpaired) electrons. The molecule has 1 aliphatic heterocycles. The fourth-order valence-electron chi connectivity index (χ4n) is 4.31. The quantitative estimate of drug-likeness (QED) is 0.0833. The highest BCUT2D eigenvalue weighted by Crippen LogP contribution is 2.35. The molecule has 0 saturated heterocycles. The van der Waals surface area contributed by atoms with Gasteiger partial charge in [-0.05, 0) is 67.4 Å². The van der Waals surface area contributed by atoms with Gasteiger partial charge in [-0.1, -0.05) is 45.7 Å². The number of esters is 1. The number of hydrazone groups is 1. The minimum Gasteiger partial charge on any atom is -0.490 e. The first kappa shape index (κ1) is 32.6. The number of hydrogen-bond donors (Lipinski definition) is 4. The van der Waals surface area contributed by atoms with Gasteiger partial charge in [-0.15, -0.1) is 0 Å². The summed E-state index contributed by atoms with van der Waals surface area (Å²) in [6, 6.07) is 16.7. The zero-order valence-electron chi connectivity index (χ0n) is 24.2. The molecule has 1 aliphatic rings. The van der Waals surface area contributed by atoms with E-state index in [1.165, 1.54) is 13.3 Å². The van der Waals surface area contributed by atoms with Crippen molar-refractivity contribution >= 4 is 45.7 Å². The Morgan fingerprint density at radius 2 is 1.84 bits per heavy atom. The molecule has 0 spiro atoms. The molecule has 3 aromatic rings. The van der Waals surface area contributed by atoms with E-state index in [9.17, 15) is 14.7 Å². The van der Waals surface area contributed by atoms with Crippen LogP contribution in [0.25, 0.3) is 0 Å². The van der Waals surface area contributed by atoms with Gasteiger partial charge in [-0.2, -0.15) is 5.10 Å². The minimum absolute atomic E-state index is 0.161. The number of hydrogen-bond acceptors (Lipinski definition) is 9. The lowest BCUT2D eigenvalue weighted by molar-refractivity contribution is -0.136. The Morgan fingerprint density at radius 1 is 1.09 bits per heavy atom. The number of urea groups is 1. The van der Waals surface area contributed by atoms with Crippen molar-refractivity contribution in [1.82, 2.24) is 16.1 Å². The first-order valence-corrected chi connectivity index (χ1v) is 14.7. The van der Waals surface area contributed by atoms with Crippen LogP contribution in [0.1, 0.15) is 36.6 Å². The van der Waals surface area contributed by atoms with Crippen molar-refractivity contribution in [2.75, 3.05) is 20.3 Å². The van der Waals surface area contributed by atoms with Crippen molar-refractivity contribution < 1.29 is 33.6 Å². The van der Waals surface area contributed by atoms with E-state index < -0.39 is 24.3 Å². The Kier molecular flexibility index (Phi) is 11.5. The predicted molar refractivity (Wildman–Crippen MR) is 169 cm³/mol. The van der Waals surface area contributed by atoms with Crippen LogP contribution >= 0.6 is 27.5 Å². The Labute approximate surface area is 268 Å². The highest BCUT2D eigenvalue weighted by molar-refractivity contribution is 9.10. The average Bonchev–Trinajstić information content (AvgIpc) is 3.00. The van der Waals surface area contributed by atoms with Gasteiger partial charge in [0.25, 0.3) is 0 Å². The molecule has 0 saturated carbocycles. The molecule has 3 aromatic carbocycles. The lowest BCUT2D eigenvalue weighted by atomic mass is 9.95. The van der Waals surface area contributed by atoms with Crippen molar-refractivity contribution in [3.05, 3.63) is 98.1 Å². The van der Waals surface area contributed by atoms with Crippen molar-refractivity contribution in [2.45, 2.75) is 32.7 Å². The number of halogens is 2. The average molecular weight is 688 g/mol. The van der Waals surface area contributed by atoms with E-state index >= 15 is 0 Å². The smallest absolute Gasteiger partial charge is 0.337 e. The minimum atomic E-state index is -1.16. The molecule has 0 bridgehead atoms. The highest BCUT2D eigenvalue weighted by Gasteiger charge is 2.32. The van der Waals surface area contributed by atoms with Crippen LogP contribution in [0.4, 0.5) is 4.79 Å². The van der Waals surface area contributed by atoms with Crippen LogP contribution in [0, 0.1) is 0 Å². The molecule has 2 atom stereocenters. The maximum atomic E-state index is 12.4. The van der Waals surface area contributed by atoms with Gasteiger partial charge in [0.2, 0.25) is 0 Å². The summed E-state index contributed by atoms with van der Waals surface area (Å²) in [5.41, 5.74) is 5.53. The van der Waals surface area contributed by atoms with Gasteiger partial charge in [0.05, 0.1) is 31.5 Å². The molecule has 13 heteroatoms. The number of amides is 2. The summed E-state index contributed by atoms with van der Waals surface area (Å²) in [5.74, 6) is 0.750. The summed E-state index contributed by atoms with van der Waals surface area (Å²) in [7, 11) is 1.27. The van der Waals surface area contributed by atoms with E-state index in [2.05, 4.69) is 37.1 Å². The maximum Gasteiger partial charge on any atom is 0.337 e. The first-order valence-electron chi connectivity index (χ1n) is 13.6. The van der Waals surface area contributed by atoms with Gasteiger partial charge in [-0.3, -0.25) is 5.43 Å². The first-order chi connectivity index (χ1) is 21.2. The Balaban J connectivity index is 1.40. The van der Waals surface area contributed by atoms with E-state index in [1.807, 2.05) is 37.3 Å². The molecule has 0 unspecified atom stereocenters. The van der Waals surface area contributed by atoms with Gasteiger partial charge >= 0.3 is 12.0 Å². The second kappa shape index (κ2) is 15.5. The lowest BCUT2D eigenvalue weighted by Gasteiger charge is -2.28. The van der Waals surface area contributed by atoms with E-state index in [0.717, 1.165) is 10.0 Å². The molecule has 2 amide bonds. The molecule has 1 heterocycles. The Morgan fingerprint density at radius 3 is 2.57 bits per heavy atom. The number of nitrogens with one attached hydrogen (secondary N) is 3. The van der Waals surface area contributed by atoms with Crippen LogP contribution in [0.15, 0.2) is 81.5 Å². The zero-order valence-corrected chi connectivity index (χ0v) is 26.6. The lowest BCUT2D eigenvalue weighted by Crippen LogP contribution is -2.45. The van der Waals surface area contributed by atoms with Crippen LogP contribution in [-0.2, 0) is 16.1 Å². The van der Waals surface area contributed by atoms with Crippen LogP contribution in [0.2, 0.25) is 5.02 Å². The van der Waals surface area contributed by atoms with Crippen LogP contribution in [-0.4, -0.2) is 49.9 Å². The molecule has 0 aromatic heterocycles. The fraction of sp³-hybridized carbons (Fsp3) is 0.258. The van der Waals surface area contributed by atoms with Gasteiger partial charge < -0.3 is 34.7 Å². The van der Waals surface area contributed by atoms with Gasteiger partial charge in [0.15, 0.2) is 17.7 Å². The second-order valence-electron chi connectivity index (χ2n) is 9.51. The number of rotatable bonds is 13. The molecule has 11 nitrogen and oxygen atoms in total. The number of nitrogens with zero attached hydrogens (tertiary/aromatic N) is 1. The topological polar surface area (TPSA) is 140 Å². The van der Waals surface area contributed by atoms with E-state index in [4.69, 9.17) is 30.5 Å². The summed E-state index contributed by atoms with van der Waals surface area (Å²) in [6.45, 7) is 3.95. The molecule has 0 fully saturated rings. The molecule has 4 N–H and O–H groups in total. The predicted octanol–water partition coefficient (Wildman–Crippen LogP) is 5.20. The van der Waals surface area contributed by atoms with Crippen molar-refractivity contribution in [2.24, 2.45) is 5.10 Å².